The van der Waals surface area contributed by atoms with Crippen molar-refractivity contribution >= 4 is 23.3 Å². The minimum Gasteiger partial charge on any atom is -0.273 e. The highest BCUT2D eigenvalue weighted by Gasteiger charge is 2.46. The molecule has 0 spiro atoms. The first-order valence-electron chi connectivity index (χ1n) is 8.16. The number of carbonyl (C=O) groups excluding carboxylic acids is 2. The topological polar surface area (TPSA) is 79.0 Å². The number of nitrogens with zero attached hydrogens (tertiary/aromatic N) is 4. The molecule has 1 aromatic rings. The summed E-state index contributed by atoms with van der Waals surface area (Å²) in [4.78, 5) is 26.8. The second-order valence-corrected chi connectivity index (χ2v) is 6.14. The van der Waals surface area contributed by atoms with E-state index in [0.717, 1.165) is 36.3 Å². The summed E-state index contributed by atoms with van der Waals surface area (Å²) in [7, 11) is 0. The average Bonchev–Trinajstić information content (AvgIpc) is 3.15. The summed E-state index contributed by atoms with van der Waals surface area (Å²) < 4.78 is 1.53. The molecule has 0 aromatic carbocycles. The maximum atomic E-state index is 12.8. The third kappa shape index (κ3) is 2.05. The Morgan fingerprint density at radius 1 is 1.21 bits per heavy atom. The molecule has 1 saturated heterocycles. The Hall–Kier alpha value is -2.94. The third-order valence-corrected chi connectivity index (χ3v) is 4.70. The van der Waals surface area contributed by atoms with Crippen LogP contribution in [0, 0.1) is 17.2 Å². The van der Waals surface area contributed by atoms with Crippen LogP contribution in [0.3, 0.4) is 0 Å². The summed E-state index contributed by atoms with van der Waals surface area (Å²) in [6.07, 6.45) is 13.4. The molecule has 24 heavy (non-hydrogen) atoms. The Labute approximate surface area is 139 Å². The molecule has 1 atom stereocenters. The van der Waals surface area contributed by atoms with Crippen LogP contribution in [0.1, 0.15) is 37.7 Å². The molecule has 6 heteroatoms. The molecule has 1 fully saturated rings. The number of fused-ring (bicyclic) bond motifs is 1. The first-order valence-corrected chi connectivity index (χ1v) is 8.16. The van der Waals surface area contributed by atoms with Gasteiger partial charge in [-0.2, -0.15) is 10.4 Å². The number of hydrogen-bond donors (Lipinski definition) is 0. The number of allylic oxidation sites excluding steroid dienone is 5. The highest BCUT2D eigenvalue weighted by molar-refractivity contribution is 6.29. The summed E-state index contributed by atoms with van der Waals surface area (Å²) in [6.45, 7) is 0. The second-order valence-electron chi connectivity index (χ2n) is 6.14. The molecule has 2 aliphatic carbocycles. The smallest absolute Gasteiger partial charge is 0.262 e. The predicted octanol–water partition coefficient (Wildman–Crippen LogP) is 2.55. The van der Waals surface area contributed by atoms with E-state index in [1.165, 1.54) is 10.9 Å². The van der Waals surface area contributed by atoms with E-state index in [0.29, 0.717) is 12.0 Å². The fourth-order valence-corrected chi connectivity index (χ4v) is 3.54. The van der Waals surface area contributed by atoms with Crippen LogP contribution in [0.15, 0.2) is 36.1 Å². The van der Waals surface area contributed by atoms with Gasteiger partial charge in [0.15, 0.2) is 5.82 Å². The Bertz CT molecular complexity index is 866. The second kappa shape index (κ2) is 5.60. The summed E-state index contributed by atoms with van der Waals surface area (Å²) in [5.74, 6) is -0.675. The van der Waals surface area contributed by atoms with Crippen LogP contribution in [-0.4, -0.2) is 21.6 Å². The van der Waals surface area contributed by atoms with Crippen molar-refractivity contribution in [2.45, 2.75) is 32.1 Å². The van der Waals surface area contributed by atoms with Gasteiger partial charge < -0.3 is 0 Å². The summed E-state index contributed by atoms with van der Waals surface area (Å²) in [5.41, 5.74) is 1.58. The van der Waals surface area contributed by atoms with Crippen LogP contribution in [0.5, 0.6) is 0 Å². The quantitative estimate of drug-likeness (QED) is 0.784. The molecule has 0 N–H and O–H groups in total. The Morgan fingerprint density at radius 3 is 2.79 bits per heavy atom. The zero-order chi connectivity index (χ0) is 16.7. The van der Waals surface area contributed by atoms with Gasteiger partial charge in [-0.3, -0.25) is 9.59 Å². The van der Waals surface area contributed by atoms with E-state index in [2.05, 4.69) is 11.2 Å². The van der Waals surface area contributed by atoms with E-state index in [1.54, 1.807) is 0 Å². The van der Waals surface area contributed by atoms with E-state index in [-0.39, 0.29) is 29.1 Å². The lowest BCUT2D eigenvalue weighted by Gasteiger charge is -2.18. The summed E-state index contributed by atoms with van der Waals surface area (Å²) in [5, 5.41) is 13.7. The number of carbonyl (C=O) groups is 2. The van der Waals surface area contributed by atoms with Gasteiger partial charge in [0.2, 0.25) is 5.91 Å². The zero-order valence-electron chi connectivity index (χ0n) is 13.1. The van der Waals surface area contributed by atoms with E-state index in [9.17, 15) is 14.9 Å². The van der Waals surface area contributed by atoms with Crippen molar-refractivity contribution in [2.24, 2.45) is 5.92 Å². The highest BCUT2D eigenvalue weighted by Crippen LogP contribution is 2.38. The maximum Gasteiger partial charge on any atom is 0.262 e. The largest absolute Gasteiger partial charge is 0.273 e. The Kier molecular flexibility index (Phi) is 3.42. The number of aromatic nitrogens is 2. The predicted molar refractivity (Wildman–Crippen MR) is 87.5 cm³/mol. The lowest BCUT2D eigenvalue weighted by Crippen LogP contribution is -2.33. The molecule has 1 aromatic heterocycles. The molecular formula is C18H16N4O2. The number of amides is 2. The van der Waals surface area contributed by atoms with Gasteiger partial charge in [0.05, 0.1) is 17.8 Å². The van der Waals surface area contributed by atoms with Crippen molar-refractivity contribution in [3.63, 3.8) is 0 Å². The molecule has 1 unspecified atom stereocenters. The Balaban J connectivity index is 1.85. The van der Waals surface area contributed by atoms with Crippen molar-refractivity contribution < 1.29 is 9.59 Å². The molecule has 3 aliphatic rings. The molecule has 0 bridgehead atoms. The van der Waals surface area contributed by atoms with Gasteiger partial charge in [-0.25, -0.2) is 9.58 Å². The van der Waals surface area contributed by atoms with E-state index in [4.69, 9.17) is 0 Å². The highest BCUT2D eigenvalue weighted by atomic mass is 16.2. The van der Waals surface area contributed by atoms with Gasteiger partial charge in [0.1, 0.15) is 11.6 Å². The van der Waals surface area contributed by atoms with Gasteiger partial charge in [-0.1, -0.05) is 18.2 Å². The maximum absolute atomic E-state index is 12.8. The van der Waals surface area contributed by atoms with Crippen molar-refractivity contribution in [3.8, 4) is 6.07 Å². The number of imide groups is 1. The minimum absolute atomic E-state index is 0.232. The fourth-order valence-electron chi connectivity index (χ4n) is 3.54. The molecule has 4 rings (SSSR count). The molecule has 1 aliphatic heterocycles. The summed E-state index contributed by atoms with van der Waals surface area (Å²) >= 11 is 0. The lowest BCUT2D eigenvalue weighted by atomic mass is 9.90. The van der Waals surface area contributed by atoms with Crippen molar-refractivity contribution in [3.05, 3.63) is 41.6 Å². The fraction of sp³-hybridized carbons (Fsp3) is 0.333. The van der Waals surface area contributed by atoms with Crippen molar-refractivity contribution in [2.75, 3.05) is 4.90 Å². The number of nitriles is 1. The lowest BCUT2D eigenvalue weighted by molar-refractivity contribution is -0.122. The molecule has 2 heterocycles. The van der Waals surface area contributed by atoms with Crippen LogP contribution in [0.25, 0.3) is 5.70 Å². The van der Waals surface area contributed by atoms with E-state index >= 15 is 0 Å². The summed E-state index contributed by atoms with van der Waals surface area (Å²) in [6, 6.07) is 2.05. The van der Waals surface area contributed by atoms with Crippen LogP contribution in [-0.2, 0) is 9.59 Å². The van der Waals surface area contributed by atoms with E-state index in [1.807, 2.05) is 24.3 Å². The monoisotopic (exact) mass is 320 g/mol. The molecule has 120 valence electrons. The number of anilines is 1. The third-order valence-electron chi connectivity index (χ3n) is 4.70. The van der Waals surface area contributed by atoms with Crippen LogP contribution in [0.2, 0.25) is 0 Å². The van der Waals surface area contributed by atoms with Gasteiger partial charge >= 0.3 is 0 Å². The molecular weight excluding hydrogens is 304 g/mol. The van der Waals surface area contributed by atoms with Gasteiger partial charge in [0.25, 0.3) is 5.91 Å². The van der Waals surface area contributed by atoms with Gasteiger partial charge in [-0.15, -0.1) is 0 Å². The molecule has 6 nitrogen and oxygen atoms in total. The SMILES string of the molecule is N#Cc1cnn(C2=CCCC=C2)c1N1C(=O)C2=CCCCC2C1=O. The standard InChI is InChI=1S/C18H16N4O2/c19-10-12-11-20-22(13-6-2-1-3-7-13)16(12)21-17(23)14-8-4-5-9-15(14)18(21)24/h2,6-8,11,15H,1,3-5,9H2. The first kappa shape index (κ1) is 14.6. The number of rotatable bonds is 2. The van der Waals surface area contributed by atoms with Gasteiger partial charge in [0, 0.05) is 5.57 Å². The Morgan fingerprint density at radius 2 is 2.08 bits per heavy atom. The molecule has 0 saturated carbocycles. The van der Waals surface area contributed by atoms with Gasteiger partial charge in [-0.05, 0) is 38.2 Å². The average molecular weight is 320 g/mol. The molecule has 2 amide bonds. The van der Waals surface area contributed by atoms with Crippen molar-refractivity contribution in [1.29, 1.82) is 5.26 Å². The van der Waals surface area contributed by atoms with E-state index < -0.39 is 0 Å². The zero-order valence-corrected chi connectivity index (χ0v) is 13.1. The van der Waals surface area contributed by atoms with Crippen LogP contribution in [0.4, 0.5) is 5.82 Å². The van der Waals surface area contributed by atoms with Crippen molar-refractivity contribution in [1.82, 2.24) is 9.78 Å². The first-order chi connectivity index (χ1) is 11.7. The van der Waals surface area contributed by atoms with Crippen LogP contribution < -0.4 is 4.90 Å². The minimum atomic E-state index is -0.378. The normalized spacial score (nSPS) is 23.0. The molecule has 0 radical (unpaired) electrons. The number of hydrogen-bond acceptors (Lipinski definition) is 4. The van der Waals surface area contributed by atoms with Crippen LogP contribution >= 0.6 is 0 Å².